The Morgan fingerprint density at radius 3 is 2.28 bits per heavy atom. The molecule has 0 spiro atoms. The van der Waals surface area contributed by atoms with Crippen LogP contribution in [-0.2, 0) is 4.79 Å². The Morgan fingerprint density at radius 1 is 1.09 bits per heavy atom. The number of ether oxygens (including phenoxy) is 3. The van der Waals surface area contributed by atoms with E-state index in [9.17, 15) is 9.59 Å². The van der Waals surface area contributed by atoms with Crippen molar-refractivity contribution in [3.63, 3.8) is 0 Å². The van der Waals surface area contributed by atoms with E-state index in [4.69, 9.17) is 18.6 Å². The summed E-state index contributed by atoms with van der Waals surface area (Å²) in [7, 11) is 4.60. The molecule has 2 aromatic rings. The maximum absolute atomic E-state index is 12.5. The number of rotatable bonds is 9. The number of benzene rings is 1. The van der Waals surface area contributed by atoms with Gasteiger partial charge in [-0.3, -0.25) is 9.59 Å². The first kappa shape index (κ1) is 23.5. The van der Waals surface area contributed by atoms with Crippen LogP contribution in [0.25, 0.3) is 0 Å². The molecular weight excluding hydrogens is 414 g/mol. The lowest BCUT2D eigenvalue weighted by atomic mass is 10.0. The predicted molar refractivity (Wildman–Crippen MR) is 120 cm³/mol. The van der Waals surface area contributed by atoms with E-state index in [0.717, 1.165) is 31.5 Å². The molecule has 1 aromatic carbocycles. The van der Waals surface area contributed by atoms with Gasteiger partial charge < -0.3 is 34.2 Å². The molecule has 32 heavy (non-hydrogen) atoms. The Hall–Kier alpha value is -3.20. The second-order valence-electron chi connectivity index (χ2n) is 7.73. The van der Waals surface area contributed by atoms with E-state index in [1.165, 1.54) is 27.6 Å². The molecule has 174 valence electrons. The van der Waals surface area contributed by atoms with Crippen LogP contribution in [0.1, 0.15) is 35.4 Å². The van der Waals surface area contributed by atoms with Gasteiger partial charge in [0.25, 0.3) is 5.91 Å². The quantitative estimate of drug-likeness (QED) is 0.612. The summed E-state index contributed by atoms with van der Waals surface area (Å²) >= 11 is 0. The summed E-state index contributed by atoms with van der Waals surface area (Å²) in [5.74, 6) is 1.55. The van der Waals surface area contributed by atoms with Crippen LogP contribution in [0.3, 0.4) is 0 Å². The smallest absolute Gasteiger partial charge is 0.287 e. The van der Waals surface area contributed by atoms with Crippen molar-refractivity contribution >= 4 is 17.5 Å². The number of furan rings is 1. The molecule has 0 aliphatic carbocycles. The standard InChI is InChI=1S/C23H31N3O6/c1-15-8-12-32-21(15)23(28)25-16-5-9-26(10-6-16)11-7-20(27)24-17-13-18(29-2)22(31-4)19(14-17)30-3/h8,12-14,16H,5-7,9-11H2,1-4H3,(H,24,27)(H,25,28). The average Bonchev–Trinajstić information content (AvgIpc) is 3.23. The van der Waals surface area contributed by atoms with Crippen LogP contribution in [0.4, 0.5) is 5.69 Å². The van der Waals surface area contributed by atoms with Gasteiger partial charge in [-0.2, -0.15) is 0 Å². The minimum atomic E-state index is -0.171. The average molecular weight is 446 g/mol. The number of carbonyl (C=O) groups excluding carboxylic acids is 2. The van der Waals surface area contributed by atoms with E-state index in [-0.39, 0.29) is 17.9 Å². The molecule has 2 heterocycles. The molecule has 0 saturated carbocycles. The summed E-state index contributed by atoms with van der Waals surface area (Å²) in [6, 6.07) is 5.29. The molecule has 0 radical (unpaired) electrons. The Bertz CT molecular complexity index is 909. The first-order chi connectivity index (χ1) is 15.4. The normalized spacial score (nSPS) is 14.6. The maximum Gasteiger partial charge on any atom is 0.287 e. The van der Waals surface area contributed by atoms with E-state index in [1.807, 2.05) is 6.92 Å². The lowest BCUT2D eigenvalue weighted by Gasteiger charge is -2.32. The second-order valence-corrected chi connectivity index (χ2v) is 7.73. The van der Waals surface area contributed by atoms with Gasteiger partial charge in [0.15, 0.2) is 17.3 Å². The lowest BCUT2D eigenvalue weighted by molar-refractivity contribution is -0.116. The molecule has 1 aromatic heterocycles. The third-order valence-electron chi connectivity index (χ3n) is 5.59. The third kappa shape index (κ3) is 5.73. The fourth-order valence-electron chi connectivity index (χ4n) is 3.79. The summed E-state index contributed by atoms with van der Waals surface area (Å²) in [5.41, 5.74) is 1.41. The monoisotopic (exact) mass is 445 g/mol. The highest BCUT2D eigenvalue weighted by Gasteiger charge is 2.23. The number of aryl methyl sites for hydroxylation is 1. The number of piperidine rings is 1. The number of amides is 2. The van der Waals surface area contributed by atoms with Crippen LogP contribution >= 0.6 is 0 Å². The molecule has 1 aliphatic heterocycles. The van der Waals surface area contributed by atoms with E-state index in [2.05, 4.69) is 15.5 Å². The van der Waals surface area contributed by atoms with Gasteiger partial charge in [0, 0.05) is 55.5 Å². The maximum atomic E-state index is 12.5. The molecule has 9 heteroatoms. The van der Waals surface area contributed by atoms with Crippen LogP contribution in [0.2, 0.25) is 0 Å². The Morgan fingerprint density at radius 2 is 1.75 bits per heavy atom. The van der Waals surface area contributed by atoms with Crippen molar-refractivity contribution in [1.82, 2.24) is 10.2 Å². The molecule has 1 saturated heterocycles. The van der Waals surface area contributed by atoms with Crippen molar-refractivity contribution in [3.05, 3.63) is 35.8 Å². The topological polar surface area (TPSA) is 102 Å². The van der Waals surface area contributed by atoms with Crippen molar-refractivity contribution in [2.45, 2.75) is 32.2 Å². The first-order valence-electron chi connectivity index (χ1n) is 10.6. The van der Waals surface area contributed by atoms with E-state index < -0.39 is 0 Å². The van der Waals surface area contributed by atoms with Crippen molar-refractivity contribution in [2.75, 3.05) is 46.3 Å². The van der Waals surface area contributed by atoms with Crippen LogP contribution in [0, 0.1) is 6.92 Å². The number of methoxy groups -OCH3 is 3. The van der Waals surface area contributed by atoms with E-state index >= 15 is 0 Å². The number of carbonyl (C=O) groups is 2. The minimum absolute atomic E-state index is 0.0945. The predicted octanol–water partition coefficient (Wildman–Crippen LogP) is 2.84. The van der Waals surface area contributed by atoms with Gasteiger partial charge in [-0.05, 0) is 25.8 Å². The highest BCUT2D eigenvalue weighted by Crippen LogP contribution is 2.39. The van der Waals surface area contributed by atoms with Gasteiger partial charge in [0.2, 0.25) is 11.7 Å². The van der Waals surface area contributed by atoms with Gasteiger partial charge in [-0.25, -0.2) is 0 Å². The number of likely N-dealkylation sites (tertiary alicyclic amines) is 1. The number of hydrogen-bond donors (Lipinski definition) is 2. The lowest BCUT2D eigenvalue weighted by Crippen LogP contribution is -2.45. The van der Waals surface area contributed by atoms with Crippen molar-refractivity contribution < 1.29 is 28.2 Å². The molecule has 9 nitrogen and oxygen atoms in total. The summed E-state index contributed by atoms with van der Waals surface area (Å²) in [6.07, 6.45) is 3.55. The number of anilines is 1. The van der Waals surface area contributed by atoms with Crippen LogP contribution in [0.5, 0.6) is 17.2 Å². The highest BCUT2D eigenvalue weighted by atomic mass is 16.5. The van der Waals surface area contributed by atoms with Crippen LogP contribution in [0.15, 0.2) is 28.9 Å². The summed E-state index contributed by atoms with van der Waals surface area (Å²) in [4.78, 5) is 27.0. The molecule has 1 aliphatic rings. The molecule has 1 fully saturated rings. The molecule has 2 amide bonds. The summed E-state index contributed by atoms with van der Waals surface area (Å²) in [6.45, 7) is 4.14. The minimum Gasteiger partial charge on any atom is -0.493 e. The van der Waals surface area contributed by atoms with Crippen LogP contribution in [-0.4, -0.2) is 63.7 Å². The molecule has 2 N–H and O–H groups in total. The van der Waals surface area contributed by atoms with Gasteiger partial charge in [0.1, 0.15) is 0 Å². The van der Waals surface area contributed by atoms with Gasteiger partial charge >= 0.3 is 0 Å². The zero-order valence-electron chi connectivity index (χ0n) is 19.0. The molecule has 0 bridgehead atoms. The third-order valence-corrected chi connectivity index (χ3v) is 5.59. The fourth-order valence-corrected chi connectivity index (χ4v) is 3.79. The Balaban J connectivity index is 1.44. The molecular formula is C23H31N3O6. The highest BCUT2D eigenvalue weighted by molar-refractivity contribution is 5.93. The zero-order valence-corrected chi connectivity index (χ0v) is 19.0. The van der Waals surface area contributed by atoms with Gasteiger partial charge in [0.05, 0.1) is 27.6 Å². The van der Waals surface area contributed by atoms with E-state index in [1.54, 1.807) is 18.2 Å². The number of hydrogen-bond acceptors (Lipinski definition) is 7. The second kappa shape index (κ2) is 10.9. The van der Waals surface area contributed by atoms with Gasteiger partial charge in [-0.15, -0.1) is 0 Å². The number of nitrogens with one attached hydrogen (secondary N) is 2. The SMILES string of the molecule is COc1cc(NC(=O)CCN2CCC(NC(=O)c3occc3C)CC2)cc(OC)c1OC. The molecule has 0 atom stereocenters. The molecule has 0 unspecified atom stereocenters. The van der Waals surface area contributed by atoms with Crippen molar-refractivity contribution in [3.8, 4) is 17.2 Å². The largest absolute Gasteiger partial charge is 0.493 e. The van der Waals surface area contributed by atoms with Crippen LogP contribution < -0.4 is 24.8 Å². The summed E-state index contributed by atoms with van der Waals surface area (Å²) in [5, 5.41) is 5.93. The Kier molecular flexibility index (Phi) is 7.99. The number of nitrogens with zero attached hydrogens (tertiary/aromatic N) is 1. The summed E-state index contributed by atoms with van der Waals surface area (Å²) < 4.78 is 21.2. The van der Waals surface area contributed by atoms with E-state index in [0.29, 0.717) is 41.7 Å². The molecule has 3 rings (SSSR count). The first-order valence-corrected chi connectivity index (χ1v) is 10.6. The zero-order chi connectivity index (χ0) is 23.1. The fraction of sp³-hybridized carbons (Fsp3) is 0.478. The van der Waals surface area contributed by atoms with Crippen molar-refractivity contribution in [2.24, 2.45) is 0 Å². The van der Waals surface area contributed by atoms with Crippen molar-refractivity contribution in [1.29, 1.82) is 0 Å². The van der Waals surface area contributed by atoms with Gasteiger partial charge in [-0.1, -0.05) is 0 Å². The Labute approximate surface area is 188 Å².